The van der Waals surface area contributed by atoms with Crippen LogP contribution in [0.2, 0.25) is 0 Å². The summed E-state index contributed by atoms with van der Waals surface area (Å²) < 4.78 is 0. The highest BCUT2D eigenvalue weighted by Gasteiger charge is 2.28. The first kappa shape index (κ1) is 13.6. The van der Waals surface area contributed by atoms with Crippen molar-refractivity contribution in [2.75, 3.05) is 0 Å². The van der Waals surface area contributed by atoms with Crippen molar-refractivity contribution in [3.8, 4) is 6.07 Å². The monoisotopic (exact) mass is 256 g/mol. The smallest absolute Gasteiger partial charge is 0.251 e. The second-order valence-corrected chi connectivity index (χ2v) is 6.12. The standard InChI is InChI=1S/C16H20N2O/c1-16(2)8-4-7-14(10-16)18-15(19)13-6-3-5-12(9-13)11-17/h3,5-6,9,14H,4,7-8,10H2,1-2H3,(H,18,19). The van der Waals surface area contributed by atoms with E-state index in [1.807, 2.05) is 0 Å². The van der Waals surface area contributed by atoms with Crippen LogP contribution in [0.1, 0.15) is 55.5 Å². The maximum atomic E-state index is 12.2. The molecule has 3 heteroatoms. The van der Waals surface area contributed by atoms with E-state index in [1.54, 1.807) is 24.3 Å². The quantitative estimate of drug-likeness (QED) is 0.883. The molecule has 1 aromatic carbocycles. The zero-order valence-corrected chi connectivity index (χ0v) is 11.6. The van der Waals surface area contributed by atoms with Gasteiger partial charge in [0, 0.05) is 11.6 Å². The van der Waals surface area contributed by atoms with Gasteiger partial charge in [-0.05, 0) is 42.9 Å². The molecular formula is C16H20N2O. The summed E-state index contributed by atoms with van der Waals surface area (Å²) in [6.45, 7) is 4.50. The largest absolute Gasteiger partial charge is 0.349 e. The van der Waals surface area contributed by atoms with Gasteiger partial charge in [0.1, 0.15) is 0 Å². The highest BCUT2D eigenvalue weighted by molar-refractivity contribution is 5.94. The molecule has 0 bridgehead atoms. The fraction of sp³-hybridized carbons (Fsp3) is 0.500. The van der Waals surface area contributed by atoms with Gasteiger partial charge in [-0.3, -0.25) is 4.79 Å². The molecule has 0 radical (unpaired) electrons. The number of benzene rings is 1. The SMILES string of the molecule is CC1(C)CCCC(NC(=O)c2cccc(C#N)c2)C1. The minimum atomic E-state index is -0.0696. The molecule has 0 spiro atoms. The minimum Gasteiger partial charge on any atom is -0.349 e. The first-order valence-corrected chi connectivity index (χ1v) is 6.81. The summed E-state index contributed by atoms with van der Waals surface area (Å²) in [7, 11) is 0. The van der Waals surface area contributed by atoms with Crippen molar-refractivity contribution >= 4 is 5.91 Å². The number of amides is 1. The van der Waals surface area contributed by atoms with Crippen LogP contribution < -0.4 is 5.32 Å². The molecule has 19 heavy (non-hydrogen) atoms. The van der Waals surface area contributed by atoms with Gasteiger partial charge in [0.25, 0.3) is 5.91 Å². The van der Waals surface area contributed by atoms with Crippen LogP contribution in [0.15, 0.2) is 24.3 Å². The third-order valence-corrected chi connectivity index (χ3v) is 3.79. The molecule has 1 amide bonds. The van der Waals surface area contributed by atoms with Crippen molar-refractivity contribution in [1.82, 2.24) is 5.32 Å². The number of hydrogen-bond acceptors (Lipinski definition) is 2. The van der Waals surface area contributed by atoms with Gasteiger partial charge in [-0.15, -0.1) is 0 Å². The Morgan fingerprint density at radius 3 is 2.95 bits per heavy atom. The number of rotatable bonds is 2. The number of hydrogen-bond donors (Lipinski definition) is 1. The maximum absolute atomic E-state index is 12.2. The Morgan fingerprint density at radius 2 is 2.26 bits per heavy atom. The topological polar surface area (TPSA) is 52.9 Å². The molecule has 0 aromatic heterocycles. The number of carbonyl (C=O) groups excluding carboxylic acids is 1. The highest BCUT2D eigenvalue weighted by Crippen LogP contribution is 2.35. The summed E-state index contributed by atoms with van der Waals surface area (Å²) in [5.74, 6) is -0.0696. The van der Waals surface area contributed by atoms with E-state index in [0.717, 1.165) is 19.3 Å². The van der Waals surface area contributed by atoms with E-state index in [0.29, 0.717) is 16.5 Å². The van der Waals surface area contributed by atoms with Crippen molar-refractivity contribution in [3.05, 3.63) is 35.4 Å². The number of carbonyl (C=O) groups is 1. The number of nitrogens with zero attached hydrogens (tertiary/aromatic N) is 1. The van der Waals surface area contributed by atoms with E-state index >= 15 is 0 Å². The summed E-state index contributed by atoms with van der Waals surface area (Å²) >= 11 is 0. The van der Waals surface area contributed by atoms with Gasteiger partial charge < -0.3 is 5.32 Å². The van der Waals surface area contributed by atoms with E-state index in [9.17, 15) is 4.79 Å². The van der Waals surface area contributed by atoms with Gasteiger partial charge in [0.05, 0.1) is 11.6 Å². The lowest BCUT2D eigenvalue weighted by atomic mass is 9.75. The normalized spacial score (nSPS) is 21.4. The molecule has 1 fully saturated rings. The predicted molar refractivity (Wildman–Crippen MR) is 74.7 cm³/mol. The van der Waals surface area contributed by atoms with Crippen molar-refractivity contribution in [2.24, 2.45) is 5.41 Å². The van der Waals surface area contributed by atoms with Crippen LogP contribution in [0.5, 0.6) is 0 Å². The Hall–Kier alpha value is -1.82. The fourth-order valence-electron chi connectivity index (χ4n) is 2.82. The lowest BCUT2D eigenvalue weighted by molar-refractivity contribution is 0.0902. The van der Waals surface area contributed by atoms with E-state index in [1.165, 1.54) is 6.42 Å². The Morgan fingerprint density at radius 1 is 1.47 bits per heavy atom. The second kappa shape index (κ2) is 5.44. The zero-order valence-electron chi connectivity index (χ0n) is 11.6. The van der Waals surface area contributed by atoms with E-state index in [-0.39, 0.29) is 11.9 Å². The molecule has 0 saturated heterocycles. The minimum absolute atomic E-state index is 0.0696. The third-order valence-electron chi connectivity index (χ3n) is 3.79. The van der Waals surface area contributed by atoms with Crippen molar-refractivity contribution < 1.29 is 4.79 Å². The summed E-state index contributed by atoms with van der Waals surface area (Å²) in [6.07, 6.45) is 4.46. The van der Waals surface area contributed by atoms with Crippen LogP contribution in [0, 0.1) is 16.7 Å². The van der Waals surface area contributed by atoms with Crippen LogP contribution in [0.4, 0.5) is 0 Å². The zero-order chi connectivity index (χ0) is 13.9. The Labute approximate surface area is 114 Å². The Kier molecular flexibility index (Phi) is 3.90. The molecule has 1 aliphatic carbocycles. The molecule has 0 aliphatic heterocycles. The second-order valence-electron chi connectivity index (χ2n) is 6.12. The highest BCUT2D eigenvalue weighted by atomic mass is 16.1. The first-order valence-electron chi connectivity index (χ1n) is 6.81. The van der Waals surface area contributed by atoms with Gasteiger partial charge in [-0.1, -0.05) is 26.3 Å². The number of nitrogens with one attached hydrogen (secondary N) is 1. The first-order chi connectivity index (χ1) is 9.00. The number of nitriles is 1. The van der Waals surface area contributed by atoms with Crippen LogP contribution >= 0.6 is 0 Å². The van der Waals surface area contributed by atoms with E-state index in [4.69, 9.17) is 5.26 Å². The average Bonchev–Trinajstić information content (AvgIpc) is 2.37. The van der Waals surface area contributed by atoms with Gasteiger partial charge in [-0.2, -0.15) is 5.26 Å². The molecule has 1 unspecified atom stereocenters. The van der Waals surface area contributed by atoms with Gasteiger partial charge in [0.2, 0.25) is 0 Å². The molecule has 3 nitrogen and oxygen atoms in total. The van der Waals surface area contributed by atoms with Crippen molar-refractivity contribution in [2.45, 2.75) is 45.6 Å². The molecule has 1 N–H and O–H groups in total. The third kappa shape index (κ3) is 3.57. The van der Waals surface area contributed by atoms with E-state index in [2.05, 4.69) is 25.2 Å². The van der Waals surface area contributed by atoms with Crippen molar-refractivity contribution in [1.29, 1.82) is 5.26 Å². The molecular weight excluding hydrogens is 236 g/mol. The molecule has 1 aliphatic rings. The predicted octanol–water partition coefficient (Wildman–Crippen LogP) is 3.26. The summed E-state index contributed by atoms with van der Waals surface area (Å²) in [6, 6.07) is 9.16. The summed E-state index contributed by atoms with van der Waals surface area (Å²) in [4.78, 5) is 12.2. The summed E-state index contributed by atoms with van der Waals surface area (Å²) in [5, 5.41) is 11.9. The maximum Gasteiger partial charge on any atom is 0.251 e. The molecule has 100 valence electrons. The average molecular weight is 256 g/mol. The molecule has 1 saturated carbocycles. The molecule has 2 rings (SSSR count). The van der Waals surface area contributed by atoms with Gasteiger partial charge in [0.15, 0.2) is 0 Å². The lowest BCUT2D eigenvalue weighted by Gasteiger charge is -2.35. The van der Waals surface area contributed by atoms with Gasteiger partial charge in [-0.25, -0.2) is 0 Å². The van der Waals surface area contributed by atoms with Crippen LogP contribution in [-0.2, 0) is 0 Å². The molecule has 1 aromatic rings. The molecule has 0 heterocycles. The fourth-order valence-corrected chi connectivity index (χ4v) is 2.82. The van der Waals surface area contributed by atoms with Crippen LogP contribution in [0.3, 0.4) is 0 Å². The lowest BCUT2D eigenvalue weighted by Crippen LogP contribution is -2.40. The Bertz CT molecular complexity index is 514. The van der Waals surface area contributed by atoms with E-state index < -0.39 is 0 Å². The molecule has 1 atom stereocenters. The van der Waals surface area contributed by atoms with Crippen molar-refractivity contribution in [3.63, 3.8) is 0 Å². The summed E-state index contributed by atoms with van der Waals surface area (Å²) in [5.41, 5.74) is 1.41. The van der Waals surface area contributed by atoms with Crippen LogP contribution in [0.25, 0.3) is 0 Å². The van der Waals surface area contributed by atoms with Gasteiger partial charge >= 0.3 is 0 Å². The Balaban J connectivity index is 2.03. The van der Waals surface area contributed by atoms with Crippen LogP contribution in [-0.4, -0.2) is 11.9 Å².